The summed E-state index contributed by atoms with van der Waals surface area (Å²) in [5.74, 6) is 0. The molecule has 0 aliphatic heterocycles. The molecule has 44 valence electrons. The second-order valence-corrected chi connectivity index (χ2v) is 1.83. The first-order chi connectivity index (χ1) is 3.41. The monoisotopic (exact) mass is 122 g/mol. The van der Waals surface area contributed by atoms with Crippen molar-refractivity contribution in [1.29, 1.82) is 0 Å². The minimum absolute atomic E-state index is 0.189. The van der Waals surface area contributed by atoms with Crippen molar-refractivity contribution in [3.63, 3.8) is 0 Å². The highest BCUT2D eigenvalue weighted by molar-refractivity contribution is 7.95. The molecule has 4 heteroatoms. The Bertz CT molecular complexity index is 32.1. The Labute approximate surface area is 47.8 Å². The minimum atomic E-state index is 0.189. The molecule has 0 radical (unpaired) electrons. The maximum absolute atomic E-state index is 8.19. The lowest BCUT2D eigenvalue weighted by molar-refractivity contribution is 0.302. The van der Waals surface area contributed by atoms with Gasteiger partial charge in [-0.15, -0.1) is 0 Å². The minimum Gasteiger partial charge on any atom is -0.395 e. The van der Waals surface area contributed by atoms with Crippen LogP contribution >= 0.6 is 12.1 Å². The highest BCUT2D eigenvalue weighted by atomic mass is 32.2. The third-order valence-electron chi connectivity index (χ3n) is 0.388. The van der Waals surface area contributed by atoms with Gasteiger partial charge in [-0.2, -0.15) is 0 Å². The quantitative estimate of drug-likeness (QED) is 0.342. The summed E-state index contributed by atoms with van der Waals surface area (Å²) >= 11 is 1.37. The van der Waals surface area contributed by atoms with Crippen molar-refractivity contribution in [2.24, 2.45) is 0 Å². The highest BCUT2D eigenvalue weighted by Gasteiger charge is 1.77. The molecule has 0 spiro atoms. The van der Waals surface area contributed by atoms with Crippen LogP contribution in [-0.2, 0) is 0 Å². The summed E-state index contributed by atoms with van der Waals surface area (Å²) < 4.78 is 5.64. The van der Waals surface area contributed by atoms with E-state index in [1.165, 1.54) is 12.1 Å². The molecule has 7 heavy (non-hydrogen) atoms. The predicted octanol–water partition coefficient (Wildman–Crippen LogP) is -0.649. The van der Waals surface area contributed by atoms with E-state index in [4.69, 9.17) is 5.11 Å². The van der Waals surface area contributed by atoms with E-state index in [9.17, 15) is 0 Å². The van der Waals surface area contributed by atoms with E-state index in [1.807, 2.05) is 7.05 Å². The third-order valence-corrected chi connectivity index (χ3v) is 0.941. The van der Waals surface area contributed by atoms with E-state index in [0.717, 1.165) is 0 Å². The number of hydrogen-bond acceptors (Lipinski definition) is 4. The maximum Gasteiger partial charge on any atom is 0.0565 e. The SMILES string of the molecule is CNSNCCO. The van der Waals surface area contributed by atoms with E-state index in [1.54, 1.807) is 0 Å². The summed E-state index contributed by atoms with van der Waals surface area (Å²) in [5, 5.41) is 8.19. The Morgan fingerprint density at radius 3 is 2.86 bits per heavy atom. The average molecular weight is 122 g/mol. The van der Waals surface area contributed by atoms with Gasteiger partial charge in [0.2, 0.25) is 0 Å². The molecule has 0 aliphatic rings. The number of aliphatic hydroxyl groups is 1. The van der Waals surface area contributed by atoms with Gasteiger partial charge in [-0.05, 0) is 7.05 Å². The lowest BCUT2D eigenvalue weighted by Gasteiger charge is -1.95. The second kappa shape index (κ2) is 6.23. The molecule has 0 atom stereocenters. The van der Waals surface area contributed by atoms with Crippen LogP contribution in [0.15, 0.2) is 0 Å². The standard InChI is InChI=1S/C3H10N2OS/c1-4-7-5-2-3-6/h4-6H,2-3H2,1H3. The van der Waals surface area contributed by atoms with Gasteiger partial charge in [-0.25, -0.2) is 4.72 Å². The van der Waals surface area contributed by atoms with Crippen molar-refractivity contribution in [3.05, 3.63) is 0 Å². The summed E-state index contributed by atoms with van der Waals surface area (Å²) in [6.07, 6.45) is 0. The molecule has 3 N–H and O–H groups in total. The summed E-state index contributed by atoms with van der Waals surface area (Å²) in [6, 6.07) is 0. The predicted molar refractivity (Wildman–Crippen MR) is 31.7 cm³/mol. The van der Waals surface area contributed by atoms with Crippen molar-refractivity contribution >= 4 is 12.1 Å². The summed E-state index contributed by atoms with van der Waals surface area (Å²) in [7, 11) is 1.81. The van der Waals surface area contributed by atoms with Crippen LogP contribution in [0.25, 0.3) is 0 Å². The molecule has 0 unspecified atom stereocenters. The molecular weight excluding hydrogens is 112 g/mol. The molecule has 0 amide bonds. The topological polar surface area (TPSA) is 44.3 Å². The number of nitrogens with one attached hydrogen (secondary N) is 2. The number of hydrogen-bond donors (Lipinski definition) is 3. The summed E-state index contributed by atoms with van der Waals surface area (Å²) in [5.41, 5.74) is 0. The van der Waals surface area contributed by atoms with Crippen molar-refractivity contribution in [2.75, 3.05) is 20.2 Å². The van der Waals surface area contributed by atoms with Crippen LogP contribution in [0.3, 0.4) is 0 Å². The average Bonchev–Trinajstić information content (AvgIpc) is 1.69. The van der Waals surface area contributed by atoms with Crippen LogP contribution in [0.4, 0.5) is 0 Å². The third kappa shape index (κ3) is 6.23. The first-order valence-corrected chi connectivity index (χ1v) is 2.89. The van der Waals surface area contributed by atoms with Gasteiger partial charge < -0.3 is 5.11 Å². The zero-order valence-electron chi connectivity index (χ0n) is 4.27. The lowest BCUT2D eigenvalue weighted by Crippen LogP contribution is -2.13. The Morgan fingerprint density at radius 1 is 1.71 bits per heavy atom. The normalized spacial score (nSPS) is 9.43. The van der Waals surface area contributed by atoms with Gasteiger partial charge in [0.1, 0.15) is 0 Å². The Hall–Kier alpha value is 0.230. The van der Waals surface area contributed by atoms with Gasteiger partial charge in [0.25, 0.3) is 0 Å². The zero-order chi connectivity index (χ0) is 5.54. The maximum atomic E-state index is 8.19. The molecule has 0 aromatic carbocycles. The molecular formula is C3H10N2OS. The van der Waals surface area contributed by atoms with Gasteiger partial charge in [-0.3, -0.25) is 4.72 Å². The summed E-state index contributed by atoms with van der Waals surface area (Å²) in [4.78, 5) is 0. The van der Waals surface area contributed by atoms with Crippen molar-refractivity contribution in [3.8, 4) is 0 Å². The fourth-order valence-electron chi connectivity index (χ4n) is 0.169. The molecule has 0 aromatic rings. The number of aliphatic hydroxyl groups excluding tert-OH is 1. The second-order valence-electron chi connectivity index (χ2n) is 0.924. The molecule has 0 saturated heterocycles. The van der Waals surface area contributed by atoms with Gasteiger partial charge >= 0.3 is 0 Å². The smallest absolute Gasteiger partial charge is 0.0565 e. The van der Waals surface area contributed by atoms with Crippen LogP contribution in [0.2, 0.25) is 0 Å². The van der Waals surface area contributed by atoms with E-state index < -0.39 is 0 Å². The van der Waals surface area contributed by atoms with Crippen molar-refractivity contribution in [1.82, 2.24) is 9.44 Å². The molecule has 3 nitrogen and oxygen atoms in total. The lowest BCUT2D eigenvalue weighted by atomic mass is 10.8. The zero-order valence-corrected chi connectivity index (χ0v) is 5.09. The van der Waals surface area contributed by atoms with Crippen LogP contribution in [0.1, 0.15) is 0 Å². The Kier molecular flexibility index (Phi) is 6.43. The molecule has 0 rings (SSSR count). The number of rotatable bonds is 4. The molecule has 0 heterocycles. The van der Waals surface area contributed by atoms with Gasteiger partial charge in [0.15, 0.2) is 0 Å². The fourth-order valence-corrected chi connectivity index (χ4v) is 0.507. The fraction of sp³-hybridized carbons (Fsp3) is 1.00. The highest BCUT2D eigenvalue weighted by Crippen LogP contribution is 1.76. The first-order valence-electron chi connectivity index (χ1n) is 2.08. The van der Waals surface area contributed by atoms with Crippen LogP contribution < -0.4 is 9.44 Å². The van der Waals surface area contributed by atoms with Crippen LogP contribution in [-0.4, -0.2) is 25.3 Å². The van der Waals surface area contributed by atoms with Gasteiger partial charge in [-0.1, -0.05) is 0 Å². The van der Waals surface area contributed by atoms with Crippen molar-refractivity contribution < 1.29 is 5.11 Å². The van der Waals surface area contributed by atoms with E-state index in [0.29, 0.717) is 6.54 Å². The van der Waals surface area contributed by atoms with Crippen molar-refractivity contribution in [2.45, 2.75) is 0 Å². The summed E-state index contributed by atoms with van der Waals surface area (Å²) in [6.45, 7) is 0.820. The largest absolute Gasteiger partial charge is 0.395 e. The molecule has 0 bridgehead atoms. The molecule has 0 fully saturated rings. The van der Waals surface area contributed by atoms with E-state index in [-0.39, 0.29) is 6.61 Å². The first kappa shape index (κ1) is 7.23. The van der Waals surface area contributed by atoms with Crippen LogP contribution in [0, 0.1) is 0 Å². The molecule has 0 saturated carbocycles. The van der Waals surface area contributed by atoms with Gasteiger partial charge in [0.05, 0.1) is 6.61 Å². The van der Waals surface area contributed by atoms with Crippen LogP contribution in [0.5, 0.6) is 0 Å². The Balaban J connectivity index is 2.45. The van der Waals surface area contributed by atoms with E-state index in [2.05, 4.69) is 9.44 Å². The molecule has 0 aliphatic carbocycles. The van der Waals surface area contributed by atoms with E-state index >= 15 is 0 Å². The van der Waals surface area contributed by atoms with Gasteiger partial charge in [0, 0.05) is 18.7 Å². The Morgan fingerprint density at radius 2 is 2.43 bits per heavy atom. The molecule has 0 aromatic heterocycles.